The van der Waals surface area contributed by atoms with Gasteiger partial charge < -0.3 is 19.1 Å². The van der Waals surface area contributed by atoms with Gasteiger partial charge in [0.1, 0.15) is 11.5 Å². The summed E-state index contributed by atoms with van der Waals surface area (Å²) in [5, 5.41) is 0. The average molecular weight is 615 g/mol. The summed E-state index contributed by atoms with van der Waals surface area (Å²) in [6, 6.07) is 10.8. The maximum atomic E-state index is 14.0. The maximum Gasteiger partial charge on any atom is 0.338 e. The van der Waals surface area contributed by atoms with Crippen LogP contribution in [0.25, 0.3) is 6.08 Å². The third-order valence-electron chi connectivity index (χ3n) is 6.19. The molecule has 10 heteroatoms. The number of nitrogens with zero attached hydrogens (tertiary/aromatic N) is 3. The topological polar surface area (TPSA) is 82.4 Å². The third kappa shape index (κ3) is 5.81. The maximum absolute atomic E-state index is 14.0. The zero-order valence-corrected chi connectivity index (χ0v) is 25.3. The molecule has 0 saturated carbocycles. The van der Waals surface area contributed by atoms with E-state index < -0.39 is 12.0 Å². The Morgan fingerprint density at radius 2 is 1.74 bits per heavy atom. The molecule has 0 amide bonds. The van der Waals surface area contributed by atoms with Gasteiger partial charge in [-0.1, -0.05) is 23.5 Å². The predicted octanol–water partition coefficient (Wildman–Crippen LogP) is 4.42. The minimum atomic E-state index is -0.669. The Kier molecular flexibility index (Phi) is 8.97. The summed E-state index contributed by atoms with van der Waals surface area (Å²) in [4.78, 5) is 34.2. The number of ether oxygens (including phenoxy) is 3. The second kappa shape index (κ2) is 12.2. The second-order valence-electron chi connectivity index (χ2n) is 8.97. The number of benzene rings is 2. The number of hydrogen-bond donors (Lipinski definition) is 0. The molecular formula is C29H32BrN3O5S. The SMILES string of the molecule is CCOC(=O)C1=C(C)N=c2s/c(=C\c3cc(Br)c(OCC)cc3OCC)c(=O)n2[C@H]1c1ccc(N(C)C)cc1. The van der Waals surface area contributed by atoms with Gasteiger partial charge in [-0.25, -0.2) is 9.79 Å². The molecule has 1 aromatic heterocycles. The smallest absolute Gasteiger partial charge is 0.338 e. The van der Waals surface area contributed by atoms with Crippen molar-refractivity contribution in [3.8, 4) is 11.5 Å². The normalized spacial score (nSPS) is 15.1. The van der Waals surface area contributed by atoms with E-state index in [1.165, 1.54) is 11.3 Å². The van der Waals surface area contributed by atoms with E-state index in [1.54, 1.807) is 24.5 Å². The van der Waals surface area contributed by atoms with Crippen molar-refractivity contribution in [1.82, 2.24) is 4.57 Å². The molecule has 39 heavy (non-hydrogen) atoms. The summed E-state index contributed by atoms with van der Waals surface area (Å²) < 4.78 is 19.8. The molecule has 1 atom stereocenters. The number of esters is 1. The van der Waals surface area contributed by atoms with Gasteiger partial charge in [0.2, 0.25) is 0 Å². The number of rotatable bonds is 9. The lowest BCUT2D eigenvalue weighted by Gasteiger charge is -2.25. The molecule has 206 valence electrons. The van der Waals surface area contributed by atoms with Gasteiger partial charge in [-0.2, -0.15) is 0 Å². The molecule has 0 bridgehead atoms. The number of halogens is 1. The van der Waals surface area contributed by atoms with E-state index in [0.29, 0.717) is 45.3 Å². The largest absolute Gasteiger partial charge is 0.493 e. The summed E-state index contributed by atoms with van der Waals surface area (Å²) >= 11 is 4.84. The summed E-state index contributed by atoms with van der Waals surface area (Å²) in [5.74, 6) is 0.786. The molecule has 8 nitrogen and oxygen atoms in total. The van der Waals surface area contributed by atoms with Crippen molar-refractivity contribution >= 4 is 45.0 Å². The number of allylic oxidation sites excluding steroid dienone is 1. The van der Waals surface area contributed by atoms with Gasteiger partial charge >= 0.3 is 5.97 Å². The Labute approximate surface area is 240 Å². The molecule has 2 aromatic carbocycles. The minimum Gasteiger partial charge on any atom is -0.493 e. The molecule has 0 radical (unpaired) electrons. The van der Waals surface area contributed by atoms with Crippen molar-refractivity contribution < 1.29 is 19.0 Å². The minimum absolute atomic E-state index is 0.221. The Hall–Kier alpha value is -3.37. The highest BCUT2D eigenvalue weighted by Gasteiger charge is 2.33. The quantitative estimate of drug-likeness (QED) is 0.332. The first kappa shape index (κ1) is 28.6. The van der Waals surface area contributed by atoms with Gasteiger partial charge in [0.25, 0.3) is 5.56 Å². The van der Waals surface area contributed by atoms with Crippen LogP contribution in [0.3, 0.4) is 0 Å². The number of aromatic nitrogens is 1. The Bertz CT molecular complexity index is 1590. The van der Waals surface area contributed by atoms with Crippen molar-refractivity contribution in [2.45, 2.75) is 33.7 Å². The lowest BCUT2D eigenvalue weighted by atomic mass is 9.95. The molecule has 0 fully saturated rings. The number of thiazole rings is 1. The van der Waals surface area contributed by atoms with E-state index in [1.807, 2.05) is 69.2 Å². The molecule has 1 aliphatic rings. The van der Waals surface area contributed by atoms with Crippen molar-refractivity contribution in [1.29, 1.82) is 0 Å². The fraction of sp³-hybridized carbons (Fsp3) is 0.345. The summed E-state index contributed by atoms with van der Waals surface area (Å²) in [6.07, 6.45) is 1.80. The van der Waals surface area contributed by atoms with Crippen LogP contribution >= 0.6 is 27.3 Å². The number of fused-ring (bicyclic) bond motifs is 1. The zero-order valence-electron chi connectivity index (χ0n) is 22.9. The average Bonchev–Trinajstić information content (AvgIpc) is 3.20. The summed E-state index contributed by atoms with van der Waals surface area (Å²) in [7, 11) is 3.92. The predicted molar refractivity (Wildman–Crippen MR) is 158 cm³/mol. The van der Waals surface area contributed by atoms with Gasteiger partial charge in [-0.15, -0.1) is 0 Å². The first-order valence-electron chi connectivity index (χ1n) is 12.8. The van der Waals surface area contributed by atoms with Crippen LogP contribution in [-0.4, -0.2) is 44.5 Å². The molecular weight excluding hydrogens is 582 g/mol. The molecule has 1 aliphatic heterocycles. The van der Waals surface area contributed by atoms with Gasteiger partial charge in [-0.05, 0) is 73.5 Å². The molecule has 4 rings (SSSR count). The van der Waals surface area contributed by atoms with E-state index in [2.05, 4.69) is 20.9 Å². The van der Waals surface area contributed by atoms with Crippen LogP contribution in [0.15, 0.2) is 61.9 Å². The number of anilines is 1. The van der Waals surface area contributed by atoms with Crippen LogP contribution < -0.4 is 29.3 Å². The Morgan fingerprint density at radius 1 is 1.08 bits per heavy atom. The first-order valence-corrected chi connectivity index (χ1v) is 14.4. The highest BCUT2D eigenvalue weighted by molar-refractivity contribution is 9.10. The lowest BCUT2D eigenvalue weighted by Crippen LogP contribution is -2.40. The molecule has 3 aromatic rings. The van der Waals surface area contributed by atoms with E-state index >= 15 is 0 Å². The van der Waals surface area contributed by atoms with Crippen LogP contribution in [0.1, 0.15) is 44.9 Å². The second-order valence-corrected chi connectivity index (χ2v) is 10.8. The number of carbonyl (C=O) groups excluding carboxylic acids is 1. The van der Waals surface area contributed by atoms with Gasteiger partial charge in [0.15, 0.2) is 4.80 Å². The molecule has 0 saturated heterocycles. The van der Waals surface area contributed by atoms with E-state index in [4.69, 9.17) is 14.2 Å². The van der Waals surface area contributed by atoms with E-state index in [0.717, 1.165) is 21.3 Å². The number of carbonyl (C=O) groups is 1. The van der Waals surface area contributed by atoms with Crippen LogP contribution in [0.2, 0.25) is 0 Å². The highest BCUT2D eigenvalue weighted by atomic mass is 79.9. The van der Waals surface area contributed by atoms with Crippen molar-refractivity contribution in [2.75, 3.05) is 38.8 Å². The summed E-state index contributed by atoms with van der Waals surface area (Å²) in [5.41, 5.74) is 3.17. The standard InChI is InChI=1S/C29H32BrN3O5S/c1-7-36-22-16-23(37-8-2)21(30)14-19(22)15-24-27(34)33-26(18-10-12-20(13-11-18)32(5)6)25(28(35)38-9-3)17(4)31-29(33)39-24/h10-16,26H,7-9H2,1-6H3/b24-15-/t26-/m0/s1. The molecule has 0 unspecified atom stereocenters. The fourth-order valence-electron chi connectivity index (χ4n) is 4.41. The van der Waals surface area contributed by atoms with Crippen LogP contribution in [0.4, 0.5) is 5.69 Å². The zero-order chi connectivity index (χ0) is 28.3. The van der Waals surface area contributed by atoms with Gasteiger partial charge in [-0.3, -0.25) is 9.36 Å². The molecule has 2 heterocycles. The fourth-order valence-corrected chi connectivity index (χ4v) is 5.93. The highest BCUT2D eigenvalue weighted by Crippen LogP contribution is 2.34. The third-order valence-corrected chi connectivity index (χ3v) is 7.80. The van der Waals surface area contributed by atoms with E-state index in [9.17, 15) is 9.59 Å². The monoisotopic (exact) mass is 613 g/mol. The summed E-state index contributed by atoms with van der Waals surface area (Å²) in [6.45, 7) is 8.55. The van der Waals surface area contributed by atoms with Crippen molar-refractivity contribution in [3.05, 3.63) is 83.0 Å². The van der Waals surface area contributed by atoms with Crippen LogP contribution in [-0.2, 0) is 9.53 Å². The van der Waals surface area contributed by atoms with Gasteiger partial charge in [0, 0.05) is 31.4 Å². The first-order chi connectivity index (χ1) is 18.7. The van der Waals surface area contributed by atoms with Crippen LogP contribution in [0.5, 0.6) is 11.5 Å². The van der Waals surface area contributed by atoms with Crippen molar-refractivity contribution in [3.63, 3.8) is 0 Å². The lowest BCUT2D eigenvalue weighted by molar-refractivity contribution is -0.139. The van der Waals surface area contributed by atoms with Crippen LogP contribution in [0, 0.1) is 0 Å². The van der Waals surface area contributed by atoms with E-state index in [-0.39, 0.29) is 12.2 Å². The van der Waals surface area contributed by atoms with Crippen molar-refractivity contribution in [2.24, 2.45) is 4.99 Å². The van der Waals surface area contributed by atoms with Gasteiger partial charge in [0.05, 0.1) is 46.1 Å². The Balaban J connectivity index is 1.93. The Morgan fingerprint density at radius 3 is 2.36 bits per heavy atom. The molecule has 0 aliphatic carbocycles. The number of hydrogen-bond acceptors (Lipinski definition) is 8. The molecule has 0 N–H and O–H groups in total. The molecule has 0 spiro atoms.